The quantitative estimate of drug-likeness (QED) is 0.305. The van der Waals surface area contributed by atoms with Crippen LogP contribution in [0.2, 0.25) is 10.0 Å². The number of halogens is 3. The van der Waals surface area contributed by atoms with E-state index in [2.05, 4.69) is 46.9 Å². The van der Waals surface area contributed by atoms with Crippen molar-refractivity contribution < 1.29 is 4.79 Å². The molecule has 0 bridgehead atoms. The van der Waals surface area contributed by atoms with Crippen molar-refractivity contribution in [2.75, 3.05) is 5.32 Å². The molecule has 176 valence electrons. The van der Waals surface area contributed by atoms with Crippen LogP contribution in [0, 0.1) is 0 Å². The Hall–Kier alpha value is -3.54. The summed E-state index contributed by atoms with van der Waals surface area (Å²) in [5.74, 6) is 0.479. The Labute approximate surface area is 217 Å². The largest absolute Gasteiger partial charge is 0.303 e. The summed E-state index contributed by atoms with van der Waals surface area (Å²) in [4.78, 5) is 14.1. The lowest BCUT2D eigenvalue weighted by Crippen LogP contribution is -2.16. The van der Waals surface area contributed by atoms with E-state index in [1.165, 1.54) is 4.80 Å². The first-order valence-electron chi connectivity index (χ1n) is 10.3. The molecule has 3 aromatic heterocycles. The second kappa shape index (κ2) is 9.98. The predicted molar refractivity (Wildman–Crippen MR) is 134 cm³/mol. The van der Waals surface area contributed by atoms with Crippen LogP contribution < -0.4 is 5.32 Å². The van der Waals surface area contributed by atoms with Gasteiger partial charge in [-0.05, 0) is 44.9 Å². The molecule has 35 heavy (non-hydrogen) atoms. The minimum atomic E-state index is -0.402. The van der Waals surface area contributed by atoms with Crippen molar-refractivity contribution in [2.24, 2.45) is 0 Å². The molecule has 10 nitrogen and oxygen atoms in total. The van der Waals surface area contributed by atoms with Gasteiger partial charge < -0.3 is 5.32 Å². The fourth-order valence-electron chi connectivity index (χ4n) is 3.26. The van der Waals surface area contributed by atoms with Crippen LogP contribution in [-0.2, 0) is 13.2 Å². The first-order chi connectivity index (χ1) is 16.9. The maximum atomic E-state index is 12.7. The highest BCUT2D eigenvalue weighted by Gasteiger charge is 2.15. The zero-order valence-corrected chi connectivity index (χ0v) is 21.0. The molecule has 1 N–H and O–H groups in total. The van der Waals surface area contributed by atoms with Gasteiger partial charge in [0.25, 0.3) is 5.91 Å². The van der Waals surface area contributed by atoms with E-state index in [-0.39, 0.29) is 12.4 Å². The average molecular weight is 573 g/mol. The van der Waals surface area contributed by atoms with E-state index in [4.69, 9.17) is 23.2 Å². The molecule has 0 radical (unpaired) electrons. The summed E-state index contributed by atoms with van der Waals surface area (Å²) in [5.41, 5.74) is 2.01. The predicted octanol–water partition coefficient (Wildman–Crippen LogP) is 4.61. The van der Waals surface area contributed by atoms with Crippen molar-refractivity contribution in [1.29, 1.82) is 0 Å². The fourth-order valence-corrected chi connectivity index (χ4v) is 3.99. The van der Waals surface area contributed by atoms with Gasteiger partial charge in [0.05, 0.1) is 21.1 Å². The minimum Gasteiger partial charge on any atom is -0.303 e. The Morgan fingerprint density at radius 1 is 0.971 bits per heavy atom. The van der Waals surface area contributed by atoms with Crippen molar-refractivity contribution >= 4 is 50.9 Å². The molecule has 0 atom stereocenters. The number of anilines is 1. The molecule has 5 rings (SSSR count). The van der Waals surface area contributed by atoms with E-state index in [0.29, 0.717) is 32.7 Å². The van der Waals surface area contributed by atoms with Gasteiger partial charge in [0, 0.05) is 18.0 Å². The van der Waals surface area contributed by atoms with Crippen molar-refractivity contribution in [3.8, 4) is 11.4 Å². The molecule has 13 heteroatoms. The smallest absolute Gasteiger partial charge is 0.277 e. The standard InChI is InChI=1S/C22H16BrCl2N9O/c23-16-12-33(11-14-6-7-17(24)18(25)10-14)29-21(16)26-22(35)19-8-9-32(28-19)13-34-30-20(27-31-34)15-4-2-1-3-5-15/h1-10,12H,11,13H2,(H,26,29,35). The Morgan fingerprint density at radius 2 is 1.80 bits per heavy atom. The van der Waals surface area contributed by atoms with E-state index in [1.807, 2.05) is 36.4 Å². The van der Waals surface area contributed by atoms with Crippen LogP contribution >= 0.6 is 39.1 Å². The van der Waals surface area contributed by atoms with Crippen LogP contribution in [0.1, 0.15) is 16.1 Å². The molecule has 0 spiro atoms. The number of nitrogens with zero attached hydrogens (tertiary/aromatic N) is 8. The lowest BCUT2D eigenvalue weighted by atomic mass is 10.2. The minimum absolute atomic E-state index is 0.203. The molecule has 0 fully saturated rings. The van der Waals surface area contributed by atoms with Gasteiger partial charge in [0.2, 0.25) is 5.82 Å². The molecule has 0 aliphatic carbocycles. The van der Waals surface area contributed by atoms with Crippen LogP contribution in [0.15, 0.2) is 71.5 Å². The number of nitrogens with one attached hydrogen (secondary N) is 1. The van der Waals surface area contributed by atoms with Crippen LogP contribution in [0.4, 0.5) is 5.82 Å². The third-order valence-electron chi connectivity index (χ3n) is 4.91. The molecule has 0 aliphatic rings. The molecule has 0 unspecified atom stereocenters. The Balaban J connectivity index is 1.23. The third kappa shape index (κ3) is 5.42. The summed E-state index contributed by atoms with van der Waals surface area (Å²) in [7, 11) is 0. The first-order valence-corrected chi connectivity index (χ1v) is 11.8. The van der Waals surface area contributed by atoms with Crippen molar-refractivity contribution in [2.45, 2.75) is 13.2 Å². The zero-order valence-electron chi connectivity index (χ0n) is 17.9. The SMILES string of the molecule is O=C(Nc1nn(Cc2ccc(Cl)c(Cl)c2)cc1Br)c1ccn(Cn2nnc(-c3ccccc3)n2)n1. The lowest BCUT2D eigenvalue weighted by molar-refractivity contribution is 0.102. The van der Waals surface area contributed by atoms with Gasteiger partial charge in [-0.3, -0.25) is 9.48 Å². The molecule has 3 heterocycles. The summed E-state index contributed by atoms with van der Waals surface area (Å²) in [6.45, 7) is 0.658. The highest BCUT2D eigenvalue weighted by molar-refractivity contribution is 9.10. The highest BCUT2D eigenvalue weighted by atomic mass is 79.9. The molecule has 1 amide bonds. The number of hydrogen-bond donors (Lipinski definition) is 1. The Bertz CT molecular complexity index is 1500. The van der Waals surface area contributed by atoms with E-state index in [0.717, 1.165) is 11.1 Å². The van der Waals surface area contributed by atoms with Gasteiger partial charge in [0.1, 0.15) is 0 Å². The number of carbonyl (C=O) groups excluding carboxylic acids is 1. The summed E-state index contributed by atoms with van der Waals surface area (Å²) in [5, 5.41) is 24.9. The second-order valence-corrected chi connectivity index (χ2v) is 9.13. The summed E-state index contributed by atoms with van der Waals surface area (Å²) < 4.78 is 3.85. The highest BCUT2D eigenvalue weighted by Crippen LogP contribution is 2.25. The monoisotopic (exact) mass is 571 g/mol. The zero-order chi connectivity index (χ0) is 24.4. The Kier molecular flexibility index (Phi) is 6.62. The van der Waals surface area contributed by atoms with Crippen LogP contribution in [0.25, 0.3) is 11.4 Å². The number of carbonyl (C=O) groups is 1. The number of amides is 1. The van der Waals surface area contributed by atoms with Crippen molar-refractivity contribution in [3.05, 3.63) is 92.8 Å². The second-order valence-electron chi connectivity index (χ2n) is 7.46. The molecular formula is C22H16BrCl2N9O. The van der Waals surface area contributed by atoms with Gasteiger partial charge in [0.15, 0.2) is 18.2 Å². The van der Waals surface area contributed by atoms with Crippen molar-refractivity contribution in [3.63, 3.8) is 0 Å². The summed E-state index contributed by atoms with van der Waals surface area (Å²) in [6, 6.07) is 16.5. The van der Waals surface area contributed by atoms with Crippen molar-refractivity contribution in [1.82, 2.24) is 39.8 Å². The molecule has 0 saturated heterocycles. The van der Waals surface area contributed by atoms with Gasteiger partial charge in [-0.1, -0.05) is 59.6 Å². The van der Waals surface area contributed by atoms with Crippen LogP contribution in [0.3, 0.4) is 0 Å². The van der Waals surface area contributed by atoms with Gasteiger partial charge in [-0.15, -0.1) is 15.0 Å². The molecule has 2 aromatic carbocycles. The number of benzene rings is 2. The van der Waals surface area contributed by atoms with Crippen LogP contribution in [-0.4, -0.2) is 45.7 Å². The molecular weight excluding hydrogens is 557 g/mol. The lowest BCUT2D eigenvalue weighted by Gasteiger charge is -2.04. The summed E-state index contributed by atoms with van der Waals surface area (Å²) in [6.07, 6.45) is 3.43. The number of hydrogen-bond acceptors (Lipinski definition) is 6. The van der Waals surface area contributed by atoms with E-state index in [9.17, 15) is 4.79 Å². The number of rotatable bonds is 7. The van der Waals surface area contributed by atoms with Gasteiger partial charge >= 0.3 is 0 Å². The Morgan fingerprint density at radius 3 is 2.60 bits per heavy atom. The summed E-state index contributed by atoms with van der Waals surface area (Å²) >= 11 is 15.5. The number of aromatic nitrogens is 8. The van der Waals surface area contributed by atoms with Gasteiger partial charge in [-0.2, -0.15) is 10.2 Å². The molecule has 0 saturated carbocycles. The topological polar surface area (TPSA) is 108 Å². The molecule has 5 aromatic rings. The normalized spacial score (nSPS) is 11.1. The fraction of sp³-hybridized carbons (Fsp3) is 0.0909. The maximum absolute atomic E-state index is 12.7. The number of tetrazole rings is 1. The molecule has 0 aliphatic heterocycles. The first kappa shape index (κ1) is 23.2. The van der Waals surface area contributed by atoms with Crippen LogP contribution in [0.5, 0.6) is 0 Å². The average Bonchev–Trinajstić information content (AvgIpc) is 3.58. The van der Waals surface area contributed by atoms with Gasteiger partial charge in [-0.25, -0.2) is 4.68 Å². The van der Waals surface area contributed by atoms with E-state index in [1.54, 1.807) is 40.0 Å². The third-order valence-corrected chi connectivity index (χ3v) is 6.23. The maximum Gasteiger partial charge on any atom is 0.277 e. The van der Waals surface area contributed by atoms with E-state index < -0.39 is 5.91 Å². The van der Waals surface area contributed by atoms with E-state index >= 15 is 0 Å².